The predicted octanol–water partition coefficient (Wildman–Crippen LogP) is 8.69. The normalized spacial score (nSPS) is 12.2. The van der Waals surface area contributed by atoms with Crippen molar-refractivity contribution in [1.29, 1.82) is 0 Å². The first kappa shape index (κ1) is 19.6. The molecule has 0 saturated heterocycles. The Balaban J connectivity index is 1.56. The molecule has 0 unspecified atom stereocenters. The first-order valence-electron chi connectivity index (χ1n) is 10.7. The van der Waals surface area contributed by atoms with Gasteiger partial charge in [0.1, 0.15) is 0 Å². The highest BCUT2D eigenvalue weighted by Gasteiger charge is 2.20. The van der Waals surface area contributed by atoms with E-state index in [0.717, 1.165) is 11.4 Å². The minimum Gasteiger partial charge on any atom is -0.255 e. The summed E-state index contributed by atoms with van der Waals surface area (Å²) in [7, 11) is 0. The molecule has 0 spiro atoms. The minimum atomic E-state index is 0.0456. The molecule has 0 saturated carbocycles. The van der Waals surface area contributed by atoms with Crippen LogP contribution in [0.1, 0.15) is 26.3 Å². The van der Waals surface area contributed by atoms with Gasteiger partial charge in [-0.05, 0) is 74.3 Å². The number of rotatable bonds is 2. The van der Waals surface area contributed by atoms with Crippen LogP contribution in [0.15, 0.2) is 78.4 Å². The molecule has 0 aliphatic heterocycles. The van der Waals surface area contributed by atoms with Crippen LogP contribution in [0.2, 0.25) is 0 Å². The molecule has 0 N–H and O–H groups in total. The zero-order valence-electron chi connectivity index (χ0n) is 18.2. The lowest BCUT2D eigenvalue weighted by atomic mass is 9.82. The number of hydrogen-bond acceptors (Lipinski definition) is 4. The van der Waals surface area contributed by atoms with Crippen molar-refractivity contribution in [2.75, 3.05) is 0 Å². The summed E-state index contributed by atoms with van der Waals surface area (Å²) in [6.07, 6.45) is 3.91. The molecule has 156 valence electrons. The second kappa shape index (κ2) is 7.22. The van der Waals surface area contributed by atoms with Crippen LogP contribution in [0.4, 0.5) is 0 Å². The van der Waals surface area contributed by atoms with Crippen molar-refractivity contribution in [3.63, 3.8) is 0 Å². The maximum absolute atomic E-state index is 4.85. The molecule has 0 aliphatic rings. The fourth-order valence-electron chi connectivity index (χ4n) is 4.37. The largest absolute Gasteiger partial charge is 0.255 e. The number of thiophene rings is 2. The highest BCUT2D eigenvalue weighted by Crippen LogP contribution is 2.41. The summed E-state index contributed by atoms with van der Waals surface area (Å²) < 4.78 is 2.44. The van der Waals surface area contributed by atoms with Crippen LogP contribution in [-0.2, 0) is 5.41 Å². The molecule has 0 fully saturated rings. The number of fused-ring (bicyclic) bond motifs is 3. The van der Waals surface area contributed by atoms with Gasteiger partial charge < -0.3 is 0 Å². The van der Waals surface area contributed by atoms with Crippen LogP contribution in [0.3, 0.4) is 0 Å². The zero-order chi connectivity index (χ0) is 21.9. The lowest BCUT2D eigenvalue weighted by molar-refractivity contribution is 0.596. The monoisotopic (exact) mass is 450 g/mol. The molecule has 2 aromatic carbocycles. The van der Waals surface area contributed by atoms with Gasteiger partial charge in [-0.25, -0.2) is 0 Å². The molecule has 4 heterocycles. The average Bonchev–Trinajstić information content (AvgIpc) is 3.43. The fourth-order valence-corrected chi connectivity index (χ4v) is 6.24. The second-order valence-corrected chi connectivity index (χ2v) is 11.2. The third kappa shape index (κ3) is 3.22. The lowest BCUT2D eigenvalue weighted by Crippen LogP contribution is -2.12. The maximum Gasteiger partial charge on any atom is 0.0880 e. The minimum absolute atomic E-state index is 0.0456. The molecule has 2 nitrogen and oxygen atoms in total. The third-order valence-electron chi connectivity index (χ3n) is 5.97. The third-order valence-corrected chi connectivity index (χ3v) is 8.02. The Morgan fingerprint density at radius 1 is 0.812 bits per heavy atom. The summed E-state index contributed by atoms with van der Waals surface area (Å²) in [6, 6.07) is 22.0. The van der Waals surface area contributed by atoms with Crippen LogP contribution in [0.25, 0.3) is 52.8 Å². The van der Waals surface area contributed by atoms with Crippen LogP contribution in [0, 0.1) is 0 Å². The number of benzene rings is 2. The summed E-state index contributed by atoms with van der Waals surface area (Å²) >= 11 is 3.51. The molecule has 4 aromatic heterocycles. The van der Waals surface area contributed by atoms with Gasteiger partial charge in [0.25, 0.3) is 0 Å². The number of nitrogens with zero attached hydrogens (tertiary/aromatic N) is 2. The number of aromatic nitrogens is 2. The van der Waals surface area contributed by atoms with Crippen LogP contribution in [0.5, 0.6) is 0 Å². The molecule has 0 radical (unpaired) electrons. The van der Waals surface area contributed by atoms with E-state index in [0.29, 0.717) is 0 Å². The first-order chi connectivity index (χ1) is 15.5. The predicted molar refractivity (Wildman–Crippen MR) is 140 cm³/mol. The van der Waals surface area contributed by atoms with E-state index in [4.69, 9.17) is 9.97 Å². The van der Waals surface area contributed by atoms with Crippen LogP contribution in [-0.4, -0.2) is 9.97 Å². The smallest absolute Gasteiger partial charge is 0.0880 e. The first-order valence-corrected chi connectivity index (χ1v) is 12.4. The molecule has 6 rings (SSSR count). The van der Waals surface area contributed by atoms with E-state index >= 15 is 0 Å². The van der Waals surface area contributed by atoms with Crippen molar-refractivity contribution >= 4 is 53.6 Å². The van der Waals surface area contributed by atoms with E-state index in [2.05, 4.69) is 86.8 Å². The van der Waals surface area contributed by atoms with Gasteiger partial charge in [0.2, 0.25) is 0 Å². The Morgan fingerprint density at radius 2 is 1.69 bits per heavy atom. The van der Waals surface area contributed by atoms with Crippen molar-refractivity contribution in [3.05, 3.63) is 84.0 Å². The van der Waals surface area contributed by atoms with Crippen molar-refractivity contribution in [2.45, 2.75) is 26.2 Å². The van der Waals surface area contributed by atoms with Crippen molar-refractivity contribution in [3.8, 4) is 21.8 Å². The van der Waals surface area contributed by atoms with E-state index in [-0.39, 0.29) is 5.41 Å². The van der Waals surface area contributed by atoms with Gasteiger partial charge in [-0.1, -0.05) is 45.0 Å². The van der Waals surface area contributed by atoms with E-state index < -0.39 is 0 Å². The topological polar surface area (TPSA) is 25.8 Å². The van der Waals surface area contributed by atoms with Gasteiger partial charge in [-0.2, -0.15) is 0 Å². The number of hydrogen-bond donors (Lipinski definition) is 0. The maximum atomic E-state index is 4.85. The van der Waals surface area contributed by atoms with Crippen molar-refractivity contribution in [2.24, 2.45) is 0 Å². The summed E-state index contributed by atoms with van der Waals surface area (Å²) in [4.78, 5) is 10.8. The Labute approximate surface area is 195 Å². The Bertz CT molecular complexity index is 1620. The molecular formula is C28H22N2S2. The van der Waals surface area contributed by atoms with E-state index in [1.54, 1.807) is 22.7 Å². The molecule has 0 atom stereocenters. The summed E-state index contributed by atoms with van der Waals surface area (Å²) in [5.74, 6) is 0. The van der Waals surface area contributed by atoms with Crippen LogP contribution >= 0.6 is 22.7 Å². The molecule has 4 heteroatoms. The Kier molecular flexibility index (Phi) is 4.42. The van der Waals surface area contributed by atoms with Gasteiger partial charge in [-0.15, -0.1) is 22.7 Å². The van der Waals surface area contributed by atoms with Crippen molar-refractivity contribution < 1.29 is 0 Å². The standard InChI is InChI=1S/C28H22N2S2/c1-28(2,3)22-13-20(12-17-6-4-5-7-21(17)22)26-27-19(8-10-29-26)15-24(32-27)23-14-18-9-11-31-25(18)16-30-23/h4-16H,1-3H3. The molecule has 32 heavy (non-hydrogen) atoms. The zero-order valence-corrected chi connectivity index (χ0v) is 19.8. The van der Waals surface area contributed by atoms with Gasteiger partial charge in [0.15, 0.2) is 0 Å². The van der Waals surface area contributed by atoms with E-state index in [1.165, 1.54) is 46.9 Å². The quantitative estimate of drug-likeness (QED) is 0.264. The van der Waals surface area contributed by atoms with Gasteiger partial charge in [0, 0.05) is 18.0 Å². The van der Waals surface area contributed by atoms with Crippen LogP contribution < -0.4 is 0 Å². The molecular weight excluding hydrogens is 428 g/mol. The molecule has 6 aromatic rings. The van der Waals surface area contributed by atoms with Gasteiger partial charge in [0.05, 0.1) is 25.7 Å². The van der Waals surface area contributed by atoms with E-state index in [9.17, 15) is 0 Å². The number of pyridine rings is 2. The van der Waals surface area contributed by atoms with Gasteiger partial charge >= 0.3 is 0 Å². The van der Waals surface area contributed by atoms with Crippen molar-refractivity contribution in [1.82, 2.24) is 9.97 Å². The van der Waals surface area contributed by atoms with Gasteiger partial charge in [-0.3, -0.25) is 9.97 Å². The highest BCUT2D eigenvalue weighted by molar-refractivity contribution is 7.22. The average molecular weight is 451 g/mol. The Morgan fingerprint density at radius 3 is 2.56 bits per heavy atom. The lowest BCUT2D eigenvalue weighted by Gasteiger charge is -2.22. The summed E-state index contributed by atoms with van der Waals surface area (Å²) in [5, 5.41) is 7.16. The summed E-state index contributed by atoms with van der Waals surface area (Å²) in [5.41, 5.74) is 4.65. The molecule has 0 bridgehead atoms. The fraction of sp³-hybridized carbons (Fsp3) is 0.143. The molecule has 0 aliphatic carbocycles. The Hall–Kier alpha value is -3.08. The van der Waals surface area contributed by atoms with E-state index in [1.807, 2.05) is 12.4 Å². The summed E-state index contributed by atoms with van der Waals surface area (Å²) in [6.45, 7) is 6.84. The highest BCUT2D eigenvalue weighted by atomic mass is 32.1. The molecule has 0 amide bonds. The SMILES string of the molecule is CC(C)(C)c1cc(-c2nccc3cc(-c4cc5ccsc5cn4)sc23)cc2ccccc12. The second-order valence-electron chi connectivity index (χ2n) is 9.21.